The highest BCUT2D eigenvalue weighted by Gasteiger charge is 2.34. The molecular formula is C15H20N2O5. The third-order valence-corrected chi connectivity index (χ3v) is 3.15. The molecule has 1 amide bonds. The maximum Gasteiger partial charge on any atom is 0.410 e. The lowest BCUT2D eigenvalue weighted by atomic mass is 10.0. The number of hydrogen-bond acceptors (Lipinski definition) is 5. The molecule has 1 aromatic carbocycles. The van der Waals surface area contributed by atoms with Gasteiger partial charge in [0.25, 0.3) is 0 Å². The number of nitrogens with zero attached hydrogens (tertiary/aromatic N) is 2. The first-order valence-electron chi connectivity index (χ1n) is 7.10. The van der Waals surface area contributed by atoms with Crippen LogP contribution in [-0.4, -0.2) is 41.2 Å². The topological polar surface area (TPSA) is 81.9 Å². The molecule has 0 unspecified atom stereocenters. The first kappa shape index (κ1) is 16.1. The molecule has 1 aromatic rings. The lowest BCUT2D eigenvalue weighted by Crippen LogP contribution is -2.53. The molecule has 1 heterocycles. The van der Waals surface area contributed by atoms with Gasteiger partial charge in [-0.2, -0.15) is 0 Å². The predicted octanol–water partition coefficient (Wildman–Crippen LogP) is 2.84. The lowest BCUT2D eigenvalue weighted by molar-refractivity contribution is -0.385. The molecule has 0 N–H and O–H groups in total. The van der Waals surface area contributed by atoms with Crippen LogP contribution in [0.1, 0.15) is 20.8 Å². The van der Waals surface area contributed by atoms with Crippen molar-refractivity contribution in [1.82, 2.24) is 4.90 Å². The van der Waals surface area contributed by atoms with E-state index < -0.39 is 10.5 Å². The largest absolute Gasteiger partial charge is 0.486 e. The Kier molecular flexibility index (Phi) is 4.54. The molecule has 1 aliphatic rings. The monoisotopic (exact) mass is 308 g/mol. The summed E-state index contributed by atoms with van der Waals surface area (Å²) in [4.78, 5) is 23.8. The maximum atomic E-state index is 11.8. The SMILES string of the molecule is CC(C)(C)OC(=O)N1CC(COc2ccccc2[N+](=O)[O-])C1. The van der Waals surface area contributed by atoms with E-state index in [1.54, 1.807) is 23.1 Å². The first-order valence-corrected chi connectivity index (χ1v) is 7.10. The molecule has 0 saturated carbocycles. The second kappa shape index (κ2) is 6.21. The molecular weight excluding hydrogens is 288 g/mol. The van der Waals surface area contributed by atoms with Crippen LogP contribution in [0.4, 0.5) is 10.5 Å². The van der Waals surface area contributed by atoms with Crippen LogP contribution in [0.25, 0.3) is 0 Å². The molecule has 0 atom stereocenters. The van der Waals surface area contributed by atoms with Gasteiger partial charge in [0, 0.05) is 25.1 Å². The van der Waals surface area contributed by atoms with Gasteiger partial charge in [0.05, 0.1) is 11.5 Å². The number of benzene rings is 1. The van der Waals surface area contributed by atoms with E-state index in [2.05, 4.69) is 0 Å². The molecule has 2 rings (SSSR count). The number of nitro benzene ring substituents is 1. The molecule has 0 spiro atoms. The second-order valence-corrected chi connectivity index (χ2v) is 6.29. The summed E-state index contributed by atoms with van der Waals surface area (Å²) < 4.78 is 10.8. The van der Waals surface area contributed by atoms with E-state index in [9.17, 15) is 14.9 Å². The molecule has 1 fully saturated rings. The van der Waals surface area contributed by atoms with E-state index in [0.717, 1.165) is 0 Å². The molecule has 7 nitrogen and oxygen atoms in total. The zero-order valence-corrected chi connectivity index (χ0v) is 12.9. The van der Waals surface area contributed by atoms with Gasteiger partial charge in [-0.25, -0.2) is 4.79 Å². The van der Waals surface area contributed by atoms with Gasteiger partial charge in [-0.3, -0.25) is 10.1 Å². The number of hydrogen-bond donors (Lipinski definition) is 0. The normalized spacial score (nSPS) is 15.1. The minimum absolute atomic E-state index is 0.0502. The summed E-state index contributed by atoms with van der Waals surface area (Å²) in [5.74, 6) is 0.413. The first-order chi connectivity index (χ1) is 10.3. The van der Waals surface area contributed by atoms with Crippen molar-refractivity contribution in [3.8, 4) is 5.75 Å². The Morgan fingerprint density at radius 2 is 2.00 bits per heavy atom. The fourth-order valence-electron chi connectivity index (χ4n) is 2.09. The van der Waals surface area contributed by atoms with Crippen molar-refractivity contribution < 1.29 is 19.2 Å². The summed E-state index contributed by atoms with van der Waals surface area (Å²) >= 11 is 0. The number of carbonyl (C=O) groups excluding carboxylic acids is 1. The Morgan fingerprint density at radius 3 is 2.59 bits per heavy atom. The minimum Gasteiger partial charge on any atom is -0.486 e. The van der Waals surface area contributed by atoms with Crippen molar-refractivity contribution in [2.45, 2.75) is 26.4 Å². The predicted molar refractivity (Wildman–Crippen MR) is 79.9 cm³/mol. The van der Waals surface area contributed by atoms with Crippen LogP contribution in [-0.2, 0) is 4.74 Å². The summed E-state index contributed by atoms with van der Waals surface area (Å²) in [7, 11) is 0. The van der Waals surface area contributed by atoms with E-state index in [1.807, 2.05) is 20.8 Å². The summed E-state index contributed by atoms with van der Waals surface area (Å²) in [6.45, 7) is 6.87. The molecule has 0 radical (unpaired) electrons. The highest BCUT2D eigenvalue weighted by Crippen LogP contribution is 2.27. The van der Waals surface area contributed by atoms with E-state index >= 15 is 0 Å². The smallest absolute Gasteiger partial charge is 0.410 e. The number of ether oxygens (including phenoxy) is 2. The molecule has 0 aliphatic carbocycles. The molecule has 0 bridgehead atoms. The quantitative estimate of drug-likeness (QED) is 0.631. The van der Waals surface area contributed by atoms with Crippen molar-refractivity contribution in [3.63, 3.8) is 0 Å². The Balaban J connectivity index is 1.80. The van der Waals surface area contributed by atoms with Crippen LogP contribution in [0, 0.1) is 16.0 Å². The average molecular weight is 308 g/mol. The van der Waals surface area contributed by atoms with Crippen LogP contribution in [0.2, 0.25) is 0 Å². The molecule has 1 aliphatic heterocycles. The lowest BCUT2D eigenvalue weighted by Gasteiger charge is -2.39. The Morgan fingerprint density at radius 1 is 1.36 bits per heavy atom. The third-order valence-electron chi connectivity index (χ3n) is 3.15. The van der Waals surface area contributed by atoms with Crippen molar-refractivity contribution in [1.29, 1.82) is 0 Å². The molecule has 22 heavy (non-hydrogen) atoms. The van der Waals surface area contributed by atoms with Crippen molar-refractivity contribution >= 4 is 11.8 Å². The van der Waals surface area contributed by atoms with Gasteiger partial charge in [0.2, 0.25) is 0 Å². The average Bonchev–Trinajstić information content (AvgIpc) is 2.34. The fourth-order valence-corrected chi connectivity index (χ4v) is 2.09. The van der Waals surface area contributed by atoms with Crippen LogP contribution in [0.3, 0.4) is 0 Å². The van der Waals surface area contributed by atoms with Crippen molar-refractivity contribution in [2.75, 3.05) is 19.7 Å². The zero-order chi connectivity index (χ0) is 16.3. The number of nitro groups is 1. The van der Waals surface area contributed by atoms with Crippen molar-refractivity contribution in [3.05, 3.63) is 34.4 Å². The van der Waals surface area contributed by atoms with Gasteiger partial charge in [-0.1, -0.05) is 12.1 Å². The molecule has 1 saturated heterocycles. The standard InChI is InChI=1S/C15H20N2O5/c1-15(2,3)22-14(18)16-8-11(9-16)10-21-13-7-5-4-6-12(13)17(19)20/h4-7,11H,8-10H2,1-3H3. The van der Waals surface area contributed by atoms with Crippen LogP contribution in [0.15, 0.2) is 24.3 Å². The Hall–Kier alpha value is -2.31. The van der Waals surface area contributed by atoms with Gasteiger partial charge >= 0.3 is 11.8 Å². The van der Waals surface area contributed by atoms with Gasteiger partial charge in [0.1, 0.15) is 5.60 Å². The molecule has 0 aromatic heterocycles. The molecule has 7 heteroatoms. The summed E-state index contributed by atoms with van der Waals surface area (Å²) in [5.41, 5.74) is -0.561. The maximum absolute atomic E-state index is 11.8. The highest BCUT2D eigenvalue weighted by atomic mass is 16.6. The summed E-state index contributed by atoms with van der Waals surface area (Å²) in [6, 6.07) is 6.26. The second-order valence-electron chi connectivity index (χ2n) is 6.29. The van der Waals surface area contributed by atoms with E-state index in [0.29, 0.717) is 19.7 Å². The van der Waals surface area contributed by atoms with Crippen LogP contribution >= 0.6 is 0 Å². The highest BCUT2D eigenvalue weighted by molar-refractivity contribution is 5.69. The van der Waals surface area contributed by atoms with E-state index in [4.69, 9.17) is 9.47 Å². The number of carbonyl (C=O) groups is 1. The van der Waals surface area contributed by atoms with Crippen LogP contribution in [0.5, 0.6) is 5.75 Å². The number of para-hydroxylation sites is 2. The van der Waals surface area contributed by atoms with Crippen LogP contribution < -0.4 is 4.74 Å². The Labute approximate surface area is 129 Å². The van der Waals surface area contributed by atoms with E-state index in [-0.39, 0.29) is 23.4 Å². The number of rotatable bonds is 4. The van der Waals surface area contributed by atoms with E-state index in [1.165, 1.54) is 6.07 Å². The number of likely N-dealkylation sites (tertiary alicyclic amines) is 1. The Bertz CT molecular complexity index is 561. The van der Waals surface area contributed by atoms with Gasteiger partial charge < -0.3 is 14.4 Å². The van der Waals surface area contributed by atoms with Gasteiger partial charge in [-0.05, 0) is 26.8 Å². The minimum atomic E-state index is -0.511. The third kappa shape index (κ3) is 4.09. The molecule has 120 valence electrons. The van der Waals surface area contributed by atoms with Gasteiger partial charge in [0.15, 0.2) is 5.75 Å². The van der Waals surface area contributed by atoms with Gasteiger partial charge in [-0.15, -0.1) is 0 Å². The fraction of sp³-hybridized carbons (Fsp3) is 0.533. The zero-order valence-electron chi connectivity index (χ0n) is 12.9. The summed E-state index contributed by atoms with van der Waals surface area (Å²) in [6.07, 6.45) is -0.338. The van der Waals surface area contributed by atoms with Crippen molar-refractivity contribution in [2.24, 2.45) is 5.92 Å². The summed E-state index contributed by atoms with van der Waals surface area (Å²) in [5, 5.41) is 10.9. The number of amides is 1.